The van der Waals surface area contributed by atoms with Gasteiger partial charge in [-0.3, -0.25) is 0 Å². The van der Waals surface area contributed by atoms with Crippen molar-refractivity contribution in [3.8, 4) is 0 Å². The molecule has 0 atom stereocenters. The van der Waals surface area contributed by atoms with Crippen LogP contribution < -0.4 is 5.32 Å². The van der Waals surface area contributed by atoms with Gasteiger partial charge in [0.2, 0.25) is 0 Å². The smallest absolute Gasteiger partial charge is 0.0484 e. The minimum Gasteiger partial charge on any atom is -0.312 e. The summed E-state index contributed by atoms with van der Waals surface area (Å²) < 4.78 is 0. The second-order valence-corrected chi connectivity index (χ2v) is 4.07. The molecule has 0 aromatic heterocycles. The molecular weight excluding hydrogens is 194 g/mol. The van der Waals surface area contributed by atoms with Gasteiger partial charge in [0, 0.05) is 11.6 Å². The van der Waals surface area contributed by atoms with E-state index in [9.17, 15) is 0 Å². The molecule has 1 aliphatic rings. The van der Waals surface area contributed by atoms with Crippen LogP contribution in [0.2, 0.25) is 5.02 Å². The summed E-state index contributed by atoms with van der Waals surface area (Å²) in [7, 11) is 0. The molecule has 1 aromatic carbocycles. The molecule has 0 radical (unpaired) electrons. The summed E-state index contributed by atoms with van der Waals surface area (Å²) in [5.41, 5.74) is 5.17. The third-order valence-corrected chi connectivity index (χ3v) is 3.19. The van der Waals surface area contributed by atoms with Gasteiger partial charge in [0.15, 0.2) is 0 Å². The van der Waals surface area contributed by atoms with Gasteiger partial charge in [-0.15, -0.1) is 0 Å². The Bertz CT molecular complexity index is 382. The van der Waals surface area contributed by atoms with E-state index in [1.54, 1.807) is 0 Å². The van der Waals surface area contributed by atoms with Crippen LogP contribution in [0, 0.1) is 6.92 Å². The average Bonchev–Trinajstić information content (AvgIpc) is 2.18. The first kappa shape index (κ1) is 9.75. The molecule has 1 aromatic rings. The molecule has 1 nitrogen and oxygen atoms in total. The number of fused-ring (bicyclic) bond motifs is 1. The maximum absolute atomic E-state index is 6.17. The van der Waals surface area contributed by atoms with E-state index in [1.807, 2.05) is 6.08 Å². The first-order chi connectivity index (χ1) is 6.74. The van der Waals surface area contributed by atoms with Gasteiger partial charge in [0.1, 0.15) is 0 Å². The second kappa shape index (κ2) is 3.76. The van der Waals surface area contributed by atoms with Crippen molar-refractivity contribution in [1.29, 1.82) is 0 Å². The molecule has 0 spiro atoms. The zero-order valence-corrected chi connectivity index (χ0v) is 9.12. The Morgan fingerprint density at radius 3 is 3.07 bits per heavy atom. The van der Waals surface area contributed by atoms with Gasteiger partial charge in [-0.1, -0.05) is 24.3 Å². The number of nitrogens with one attached hydrogen (secondary N) is 1. The molecule has 0 saturated heterocycles. The van der Waals surface area contributed by atoms with Crippen LogP contribution in [0.1, 0.15) is 22.3 Å². The van der Waals surface area contributed by atoms with Crippen molar-refractivity contribution in [2.75, 3.05) is 6.54 Å². The Morgan fingerprint density at radius 1 is 1.57 bits per heavy atom. The minimum atomic E-state index is 0.819. The quantitative estimate of drug-likeness (QED) is 0.747. The molecule has 14 heavy (non-hydrogen) atoms. The highest BCUT2D eigenvalue weighted by atomic mass is 35.5. The third kappa shape index (κ3) is 1.47. The van der Waals surface area contributed by atoms with Crippen LogP contribution in [0.15, 0.2) is 12.6 Å². The van der Waals surface area contributed by atoms with Crippen molar-refractivity contribution >= 4 is 17.7 Å². The van der Waals surface area contributed by atoms with Gasteiger partial charge in [-0.2, -0.15) is 0 Å². The number of benzene rings is 1. The Morgan fingerprint density at radius 2 is 2.36 bits per heavy atom. The Hall–Kier alpha value is -0.790. The van der Waals surface area contributed by atoms with Gasteiger partial charge >= 0.3 is 0 Å². The lowest BCUT2D eigenvalue weighted by molar-refractivity contribution is 0.641. The molecule has 1 heterocycles. The molecule has 1 N–H and O–H groups in total. The predicted octanol–water partition coefficient (Wildman–Crippen LogP) is 2.94. The molecule has 2 rings (SSSR count). The summed E-state index contributed by atoms with van der Waals surface area (Å²) >= 11 is 6.17. The first-order valence-corrected chi connectivity index (χ1v) is 5.26. The van der Waals surface area contributed by atoms with E-state index in [2.05, 4.69) is 24.9 Å². The van der Waals surface area contributed by atoms with Gasteiger partial charge in [-0.25, -0.2) is 0 Å². The van der Waals surface area contributed by atoms with Gasteiger partial charge in [0.25, 0.3) is 0 Å². The van der Waals surface area contributed by atoms with Crippen LogP contribution in [-0.4, -0.2) is 6.54 Å². The third-order valence-electron chi connectivity index (χ3n) is 2.87. The molecular formula is C12H14ClN. The van der Waals surface area contributed by atoms with E-state index in [0.29, 0.717) is 0 Å². The topological polar surface area (TPSA) is 12.0 Å². The molecule has 0 amide bonds. The Labute approximate surface area is 89.8 Å². The summed E-state index contributed by atoms with van der Waals surface area (Å²) in [4.78, 5) is 0. The zero-order chi connectivity index (χ0) is 10.1. The highest BCUT2D eigenvalue weighted by molar-refractivity contribution is 6.32. The standard InChI is InChI=1S/C12H14ClN/c1-3-10-8(2)11-4-5-14-7-9(11)6-12(10)13/h3,6,14H,1,4-5,7H2,2H3. The van der Waals surface area contributed by atoms with Gasteiger partial charge < -0.3 is 5.32 Å². The van der Waals surface area contributed by atoms with E-state index in [4.69, 9.17) is 11.6 Å². The molecule has 0 bridgehead atoms. The lowest BCUT2D eigenvalue weighted by Crippen LogP contribution is -2.24. The highest BCUT2D eigenvalue weighted by Crippen LogP contribution is 2.29. The number of halogens is 1. The average molecular weight is 208 g/mol. The highest BCUT2D eigenvalue weighted by Gasteiger charge is 2.14. The predicted molar refractivity (Wildman–Crippen MR) is 61.7 cm³/mol. The van der Waals surface area contributed by atoms with Crippen LogP contribution >= 0.6 is 11.6 Å². The fraction of sp³-hybridized carbons (Fsp3) is 0.333. The zero-order valence-electron chi connectivity index (χ0n) is 8.36. The van der Waals surface area contributed by atoms with Gasteiger partial charge in [-0.05, 0) is 48.2 Å². The maximum atomic E-state index is 6.17. The minimum absolute atomic E-state index is 0.819. The van der Waals surface area contributed by atoms with Crippen molar-refractivity contribution in [2.45, 2.75) is 19.9 Å². The largest absolute Gasteiger partial charge is 0.312 e. The summed E-state index contributed by atoms with van der Waals surface area (Å²) in [5, 5.41) is 4.17. The van der Waals surface area contributed by atoms with Crippen LogP contribution in [0.4, 0.5) is 0 Å². The molecule has 1 aliphatic heterocycles. The van der Waals surface area contributed by atoms with Gasteiger partial charge in [0.05, 0.1) is 0 Å². The molecule has 0 saturated carbocycles. The monoisotopic (exact) mass is 207 g/mol. The SMILES string of the molecule is C=Cc1c(Cl)cc2c(c1C)CCNC2. The summed E-state index contributed by atoms with van der Waals surface area (Å²) in [6.07, 6.45) is 2.94. The molecule has 74 valence electrons. The Balaban J connectivity index is 2.63. The maximum Gasteiger partial charge on any atom is 0.0484 e. The summed E-state index contributed by atoms with van der Waals surface area (Å²) in [6, 6.07) is 2.06. The van der Waals surface area contributed by atoms with E-state index < -0.39 is 0 Å². The Kier molecular flexibility index (Phi) is 2.62. The van der Waals surface area contributed by atoms with E-state index in [1.165, 1.54) is 16.7 Å². The number of hydrogen-bond acceptors (Lipinski definition) is 1. The number of rotatable bonds is 1. The molecule has 0 fully saturated rings. The van der Waals surface area contributed by atoms with E-state index >= 15 is 0 Å². The fourth-order valence-corrected chi connectivity index (χ4v) is 2.44. The van der Waals surface area contributed by atoms with Crippen LogP contribution in [0.25, 0.3) is 6.08 Å². The van der Waals surface area contributed by atoms with E-state index in [0.717, 1.165) is 30.1 Å². The lowest BCUT2D eigenvalue weighted by atomic mass is 9.92. The van der Waals surface area contributed by atoms with E-state index in [-0.39, 0.29) is 0 Å². The van der Waals surface area contributed by atoms with Crippen molar-refractivity contribution in [2.24, 2.45) is 0 Å². The molecule has 0 unspecified atom stereocenters. The lowest BCUT2D eigenvalue weighted by Gasteiger charge is -2.21. The summed E-state index contributed by atoms with van der Waals surface area (Å²) in [6.45, 7) is 7.93. The van der Waals surface area contributed by atoms with Crippen molar-refractivity contribution in [3.63, 3.8) is 0 Å². The van der Waals surface area contributed by atoms with Crippen molar-refractivity contribution in [3.05, 3.63) is 39.9 Å². The normalized spacial score (nSPS) is 15.0. The summed E-state index contributed by atoms with van der Waals surface area (Å²) in [5.74, 6) is 0. The van der Waals surface area contributed by atoms with Crippen LogP contribution in [0.3, 0.4) is 0 Å². The molecule has 2 heteroatoms. The second-order valence-electron chi connectivity index (χ2n) is 3.67. The molecule has 0 aliphatic carbocycles. The van der Waals surface area contributed by atoms with Crippen LogP contribution in [-0.2, 0) is 13.0 Å². The van der Waals surface area contributed by atoms with Crippen molar-refractivity contribution in [1.82, 2.24) is 5.32 Å². The number of hydrogen-bond donors (Lipinski definition) is 1. The first-order valence-electron chi connectivity index (χ1n) is 4.88. The fourth-order valence-electron chi connectivity index (χ4n) is 2.09. The van der Waals surface area contributed by atoms with Crippen LogP contribution in [0.5, 0.6) is 0 Å². The van der Waals surface area contributed by atoms with Crippen molar-refractivity contribution < 1.29 is 0 Å².